The van der Waals surface area contributed by atoms with E-state index in [1.54, 1.807) is 24.3 Å². The van der Waals surface area contributed by atoms with E-state index in [0.29, 0.717) is 12.3 Å². The second-order valence-corrected chi connectivity index (χ2v) is 6.42. The van der Waals surface area contributed by atoms with E-state index >= 15 is 0 Å². The number of amides is 1. The zero-order valence-electron chi connectivity index (χ0n) is 13.7. The van der Waals surface area contributed by atoms with E-state index in [4.69, 9.17) is 5.11 Å². The van der Waals surface area contributed by atoms with Crippen LogP contribution in [0.1, 0.15) is 40.7 Å². The van der Waals surface area contributed by atoms with Gasteiger partial charge in [0.25, 0.3) is 0 Å². The van der Waals surface area contributed by atoms with Crippen LogP contribution < -0.4 is 0 Å². The summed E-state index contributed by atoms with van der Waals surface area (Å²) in [7, 11) is 0. The lowest BCUT2D eigenvalue weighted by Gasteiger charge is -2.21. The van der Waals surface area contributed by atoms with Crippen LogP contribution in [-0.4, -0.2) is 34.5 Å². The van der Waals surface area contributed by atoms with Crippen LogP contribution in [0.3, 0.4) is 0 Å². The molecule has 1 heterocycles. The summed E-state index contributed by atoms with van der Waals surface area (Å²) in [5.41, 5.74) is 2.37. The minimum atomic E-state index is -0.952. The summed E-state index contributed by atoms with van der Waals surface area (Å²) in [5, 5.41) is 8.93. The number of carboxylic acids is 1. The fraction of sp³-hybridized carbons (Fsp3) is 0.300. The summed E-state index contributed by atoms with van der Waals surface area (Å²) in [4.78, 5) is 25.5. The van der Waals surface area contributed by atoms with Gasteiger partial charge in [0.15, 0.2) is 0 Å². The van der Waals surface area contributed by atoms with Crippen molar-refractivity contribution in [2.75, 3.05) is 6.54 Å². The fourth-order valence-electron chi connectivity index (χ4n) is 3.39. The van der Waals surface area contributed by atoms with Crippen LogP contribution in [0.15, 0.2) is 54.6 Å². The molecule has 4 heteroatoms. The molecular weight excluding hydrogens is 302 g/mol. The van der Waals surface area contributed by atoms with Crippen molar-refractivity contribution in [2.45, 2.75) is 31.7 Å². The average Bonchev–Trinajstić information content (AvgIpc) is 2.98. The molecule has 24 heavy (non-hydrogen) atoms. The molecule has 1 N–H and O–H groups in total. The van der Waals surface area contributed by atoms with Gasteiger partial charge >= 0.3 is 5.97 Å². The van der Waals surface area contributed by atoms with Gasteiger partial charge in [0, 0.05) is 18.5 Å². The molecule has 0 aromatic heterocycles. The maximum atomic E-state index is 12.6. The summed E-state index contributed by atoms with van der Waals surface area (Å²) in [5.74, 6) is -0.463. The maximum absolute atomic E-state index is 12.6. The van der Waals surface area contributed by atoms with Crippen molar-refractivity contribution in [3.63, 3.8) is 0 Å². The second kappa shape index (κ2) is 6.87. The molecule has 3 rings (SSSR count). The fourth-order valence-corrected chi connectivity index (χ4v) is 3.39. The lowest BCUT2D eigenvalue weighted by atomic mass is 9.97. The Kier molecular flexibility index (Phi) is 4.65. The van der Waals surface area contributed by atoms with Gasteiger partial charge in [-0.25, -0.2) is 4.79 Å². The molecule has 4 nitrogen and oxygen atoms in total. The molecule has 2 unspecified atom stereocenters. The Hall–Kier alpha value is -2.62. The molecule has 0 bridgehead atoms. The van der Waals surface area contributed by atoms with Crippen molar-refractivity contribution in [2.24, 2.45) is 0 Å². The first-order chi connectivity index (χ1) is 11.5. The van der Waals surface area contributed by atoms with Crippen LogP contribution in [0.25, 0.3) is 0 Å². The maximum Gasteiger partial charge on any atom is 0.335 e. The Morgan fingerprint density at radius 1 is 1.08 bits per heavy atom. The highest BCUT2D eigenvalue weighted by atomic mass is 16.4. The Morgan fingerprint density at radius 2 is 1.75 bits per heavy atom. The summed E-state index contributed by atoms with van der Waals surface area (Å²) in [6, 6.07) is 17.1. The first-order valence-electron chi connectivity index (χ1n) is 8.21. The highest BCUT2D eigenvalue weighted by Crippen LogP contribution is 2.31. The van der Waals surface area contributed by atoms with E-state index in [1.165, 1.54) is 5.56 Å². The van der Waals surface area contributed by atoms with Crippen molar-refractivity contribution in [3.8, 4) is 0 Å². The second-order valence-electron chi connectivity index (χ2n) is 6.42. The van der Waals surface area contributed by atoms with Gasteiger partial charge in [-0.15, -0.1) is 0 Å². The summed E-state index contributed by atoms with van der Waals surface area (Å²) in [6.07, 6.45) is 1.29. The highest BCUT2D eigenvalue weighted by molar-refractivity contribution is 5.87. The predicted octanol–water partition coefficient (Wildman–Crippen LogP) is 3.33. The third-order valence-corrected chi connectivity index (χ3v) is 4.72. The average molecular weight is 323 g/mol. The molecule has 0 spiro atoms. The molecule has 124 valence electrons. The molecule has 1 aliphatic heterocycles. The van der Waals surface area contributed by atoms with Crippen LogP contribution in [0, 0.1) is 0 Å². The number of nitrogens with zero attached hydrogens (tertiary/aromatic N) is 1. The van der Waals surface area contributed by atoms with Crippen LogP contribution in [0.5, 0.6) is 0 Å². The third-order valence-electron chi connectivity index (χ3n) is 4.72. The number of carbonyl (C=O) groups is 2. The minimum Gasteiger partial charge on any atom is -0.478 e. The smallest absolute Gasteiger partial charge is 0.335 e. The molecule has 1 saturated heterocycles. The van der Waals surface area contributed by atoms with Crippen LogP contribution in [0.4, 0.5) is 0 Å². The van der Waals surface area contributed by atoms with Gasteiger partial charge in [-0.05, 0) is 36.6 Å². The number of hydrogen-bond acceptors (Lipinski definition) is 2. The number of carboxylic acid groups (broad SMARTS) is 1. The Labute approximate surface area is 141 Å². The van der Waals surface area contributed by atoms with Crippen molar-refractivity contribution in [1.29, 1.82) is 0 Å². The summed E-state index contributed by atoms with van der Waals surface area (Å²) >= 11 is 0. The predicted molar refractivity (Wildman–Crippen MR) is 92.1 cm³/mol. The molecule has 1 amide bonds. The van der Waals surface area contributed by atoms with Gasteiger partial charge in [-0.1, -0.05) is 42.5 Å². The van der Waals surface area contributed by atoms with Gasteiger partial charge < -0.3 is 10.0 Å². The molecule has 0 saturated carbocycles. The van der Waals surface area contributed by atoms with E-state index in [-0.39, 0.29) is 17.5 Å². The molecule has 2 aromatic rings. The number of aromatic carboxylic acids is 1. The number of rotatable bonds is 4. The summed E-state index contributed by atoms with van der Waals surface area (Å²) in [6.45, 7) is 2.84. The van der Waals surface area contributed by atoms with E-state index in [0.717, 1.165) is 18.5 Å². The van der Waals surface area contributed by atoms with Crippen LogP contribution in [-0.2, 0) is 11.2 Å². The van der Waals surface area contributed by atoms with E-state index in [2.05, 4.69) is 19.1 Å². The number of benzene rings is 2. The summed E-state index contributed by atoms with van der Waals surface area (Å²) < 4.78 is 0. The molecule has 2 aromatic carbocycles. The van der Waals surface area contributed by atoms with E-state index < -0.39 is 5.97 Å². The lowest BCUT2D eigenvalue weighted by molar-refractivity contribution is -0.131. The third kappa shape index (κ3) is 3.48. The van der Waals surface area contributed by atoms with Crippen molar-refractivity contribution in [1.82, 2.24) is 4.90 Å². The monoisotopic (exact) mass is 323 g/mol. The first-order valence-corrected chi connectivity index (χ1v) is 8.21. The topological polar surface area (TPSA) is 57.6 Å². The Morgan fingerprint density at radius 3 is 2.38 bits per heavy atom. The van der Waals surface area contributed by atoms with Crippen LogP contribution in [0.2, 0.25) is 0 Å². The van der Waals surface area contributed by atoms with Crippen molar-refractivity contribution < 1.29 is 14.7 Å². The van der Waals surface area contributed by atoms with E-state index in [9.17, 15) is 9.59 Å². The molecule has 1 aliphatic rings. The van der Waals surface area contributed by atoms with Crippen molar-refractivity contribution >= 4 is 11.9 Å². The molecule has 0 radical (unpaired) electrons. The number of carbonyl (C=O) groups excluding carboxylic acids is 1. The first kappa shape index (κ1) is 16.2. The normalized spacial score (nSPS) is 20.1. The molecule has 1 fully saturated rings. The van der Waals surface area contributed by atoms with Gasteiger partial charge in [-0.3, -0.25) is 4.79 Å². The van der Waals surface area contributed by atoms with E-state index in [1.807, 2.05) is 23.1 Å². The minimum absolute atomic E-state index is 0.101. The Balaban J connectivity index is 1.65. The standard InChI is InChI=1S/C20H21NO3/c1-14-11-18(16-5-3-2-4-6-16)13-21(14)19(22)12-15-7-9-17(10-8-15)20(23)24/h2-10,14,18H,11-13H2,1H3,(H,23,24). The highest BCUT2D eigenvalue weighted by Gasteiger charge is 2.32. The number of likely N-dealkylation sites (tertiary alicyclic amines) is 1. The van der Waals surface area contributed by atoms with Crippen molar-refractivity contribution in [3.05, 3.63) is 71.3 Å². The van der Waals surface area contributed by atoms with Gasteiger partial charge in [-0.2, -0.15) is 0 Å². The van der Waals surface area contributed by atoms with Crippen LogP contribution >= 0.6 is 0 Å². The molecule has 0 aliphatic carbocycles. The largest absolute Gasteiger partial charge is 0.478 e. The van der Waals surface area contributed by atoms with Gasteiger partial charge in [0.1, 0.15) is 0 Å². The zero-order valence-corrected chi connectivity index (χ0v) is 13.7. The van der Waals surface area contributed by atoms with Gasteiger partial charge in [0.05, 0.1) is 12.0 Å². The SMILES string of the molecule is CC1CC(c2ccccc2)CN1C(=O)Cc1ccc(C(=O)O)cc1. The molecular formula is C20H21NO3. The quantitative estimate of drug-likeness (QED) is 0.939. The number of hydrogen-bond donors (Lipinski definition) is 1. The van der Waals surface area contributed by atoms with Gasteiger partial charge in [0.2, 0.25) is 5.91 Å². The zero-order chi connectivity index (χ0) is 17.1. The Bertz CT molecular complexity index is 724. The lowest BCUT2D eigenvalue weighted by Crippen LogP contribution is -2.35. The molecule has 2 atom stereocenters.